The summed E-state index contributed by atoms with van der Waals surface area (Å²) in [6, 6.07) is 4.99. The van der Waals surface area contributed by atoms with Gasteiger partial charge in [-0.05, 0) is 66.7 Å². The average molecular weight is 374 g/mol. The van der Waals surface area contributed by atoms with E-state index in [0.717, 1.165) is 23.2 Å². The van der Waals surface area contributed by atoms with Crippen LogP contribution in [0.1, 0.15) is 29.6 Å². The second-order valence-electron chi connectivity index (χ2n) is 4.82. The molecule has 1 aromatic rings. The lowest BCUT2D eigenvalue weighted by Gasteiger charge is -2.26. The predicted molar refractivity (Wildman–Crippen MR) is 83.4 cm³/mol. The molecular formula is C14H19IN2O2. The van der Waals surface area contributed by atoms with E-state index in [0.29, 0.717) is 12.1 Å². The highest BCUT2D eigenvalue weighted by molar-refractivity contribution is 14.1. The molecule has 4 nitrogen and oxygen atoms in total. The summed E-state index contributed by atoms with van der Waals surface area (Å²) in [6.07, 6.45) is 3.85. The number of phenolic OH excluding ortho intramolecular Hbond substituents is 1. The maximum atomic E-state index is 11.9. The Bertz CT molecular complexity index is 445. The van der Waals surface area contributed by atoms with Crippen LogP contribution in [0.5, 0.6) is 5.75 Å². The Kier molecular flexibility index (Phi) is 5.45. The summed E-state index contributed by atoms with van der Waals surface area (Å²) < 4.78 is 0.752. The molecule has 19 heavy (non-hydrogen) atoms. The number of piperidine rings is 1. The lowest BCUT2D eigenvalue weighted by Crippen LogP contribution is -2.37. The van der Waals surface area contributed by atoms with Crippen LogP contribution in [0.15, 0.2) is 18.2 Å². The van der Waals surface area contributed by atoms with Crippen LogP contribution in [0.4, 0.5) is 0 Å². The van der Waals surface area contributed by atoms with Gasteiger partial charge in [0.05, 0.1) is 3.57 Å². The number of rotatable bonds is 4. The molecule has 0 radical (unpaired) electrons. The molecule has 1 heterocycles. The molecule has 1 aliphatic heterocycles. The van der Waals surface area contributed by atoms with Crippen LogP contribution in [0.25, 0.3) is 0 Å². The standard InChI is InChI=1S/C14H19IN2O2/c15-12-5-4-11(10-13(12)18)14(19)16-6-9-17-7-2-1-3-8-17/h4-5,10,18H,1-3,6-9H2,(H,16,19). The van der Waals surface area contributed by atoms with Crippen LogP contribution in [0, 0.1) is 3.57 Å². The summed E-state index contributed by atoms with van der Waals surface area (Å²) in [5.41, 5.74) is 0.511. The Balaban J connectivity index is 1.78. The fraction of sp³-hybridized carbons (Fsp3) is 0.500. The summed E-state index contributed by atoms with van der Waals surface area (Å²) in [5, 5.41) is 12.5. The number of benzene rings is 1. The first-order valence-corrected chi connectivity index (χ1v) is 7.74. The molecule has 0 atom stereocenters. The fourth-order valence-electron chi connectivity index (χ4n) is 2.27. The number of phenols is 1. The number of halogens is 1. The van der Waals surface area contributed by atoms with Crippen LogP contribution >= 0.6 is 22.6 Å². The molecule has 0 unspecified atom stereocenters. The Morgan fingerprint density at radius 2 is 2.05 bits per heavy atom. The van der Waals surface area contributed by atoms with Crippen LogP contribution < -0.4 is 5.32 Å². The number of nitrogens with one attached hydrogen (secondary N) is 1. The van der Waals surface area contributed by atoms with Gasteiger partial charge < -0.3 is 15.3 Å². The van der Waals surface area contributed by atoms with Gasteiger partial charge in [-0.1, -0.05) is 6.42 Å². The Hall–Kier alpha value is -0.820. The van der Waals surface area contributed by atoms with E-state index < -0.39 is 0 Å². The van der Waals surface area contributed by atoms with Crippen molar-refractivity contribution in [3.63, 3.8) is 0 Å². The summed E-state index contributed by atoms with van der Waals surface area (Å²) in [4.78, 5) is 14.3. The summed E-state index contributed by atoms with van der Waals surface area (Å²) in [5.74, 6) is 0.0352. The average Bonchev–Trinajstić information content (AvgIpc) is 2.43. The molecule has 104 valence electrons. The minimum atomic E-state index is -0.122. The van der Waals surface area contributed by atoms with Crippen molar-refractivity contribution in [3.8, 4) is 5.75 Å². The minimum Gasteiger partial charge on any atom is -0.507 e. The highest BCUT2D eigenvalue weighted by Crippen LogP contribution is 2.20. The molecule has 1 saturated heterocycles. The normalized spacial score (nSPS) is 16.3. The van der Waals surface area contributed by atoms with E-state index in [1.165, 1.54) is 25.3 Å². The zero-order chi connectivity index (χ0) is 13.7. The van der Waals surface area contributed by atoms with E-state index in [4.69, 9.17) is 0 Å². The predicted octanol–water partition coefficient (Wildman–Crippen LogP) is 2.21. The third kappa shape index (κ3) is 4.35. The van der Waals surface area contributed by atoms with Gasteiger partial charge in [-0.25, -0.2) is 0 Å². The first-order chi connectivity index (χ1) is 9.16. The lowest BCUT2D eigenvalue weighted by molar-refractivity contribution is 0.0946. The van der Waals surface area contributed by atoms with Crippen molar-refractivity contribution in [2.24, 2.45) is 0 Å². The van der Waals surface area contributed by atoms with Crippen molar-refractivity contribution in [1.82, 2.24) is 10.2 Å². The summed E-state index contributed by atoms with van der Waals surface area (Å²) in [7, 11) is 0. The number of aromatic hydroxyl groups is 1. The highest BCUT2D eigenvalue weighted by Gasteiger charge is 2.11. The van der Waals surface area contributed by atoms with Gasteiger partial charge in [-0.3, -0.25) is 4.79 Å². The molecule has 0 aromatic heterocycles. The maximum absolute atomic E-state index is 11.9. The smallest absolute Gasteiger partial charge is 0.251 e. The summed E-state index contributed by atoms with van der Waals surface area (Å²) in [6.45, 7) is 3.84. The van der Waals surface area contributed by atoms with Gasteiger partial charge in [0.1, 0.15) is 5.75 Å². The number of likely N-dealkylation sites (tertiary alicyclic amines) is 1. The van der Waals surface area contributed by atoms with Crippen LogP contribution in [0.3, 0.4) is 0 Å². The first kappa shape index (κ1) is 14.6. The van der Waals surface area contributed by atoms with Crippen molar-refractivity contribution in [2.75, 3.05) is 26.2 Å². The molecule has 2 rings (SSSR count). The fourth-order valence-corrected chi connectivity index (χ4v) is 2.60. The second kappa shape index (κ2) is 7.09. The quantitative estimate of drug-likeness (QED) is 0.795. The van der Waals surface area contributed by atoms with Crippen LogP contribution in [-0.4, -0.2) is 42.1 Å². The van der Waals surface area contributed by atoms with E-state index in [9.17, 15) is 9.90 Å². The van der Waals surface area contributed by atoms with Crippen molar-refractivity contribution in [1.29, 1.82) is 0 Å². The molecule has 1 aromatic carbocycles. The molecular weight excluding hydrogens is 355 g/mol. The number of carbonyl (C=O) groups is 1. The zero-order valence-electron chi connectivity index (χ0n) is 10.9. The number of hydrogen-bond acceptors (Lipinski definition) is 3. The van der Waals surface area contributed by atoms with Crippen molar-refractivity contribution in [2.45, 2.75) is 19.3 Å². The molecule has 0 saturated carbocycles. The van der Waals surface area contributed by atoms with Gasteiger partial charge in [-0.2, -0.15) is 0 Å². The van der Waals surface area contributed by atoms with Crippen molar-refractivity contribution >= 4 is 28.5 Å². The van der Waals surface area contributed by atoms with Crippen molar-refractivity contribution in [3.05, 3.63) is 27.3 Å². The first-order valence-electron chi connectivity index (χ1n) is 6.66. The molecule has 5 heteroatoms. The highest BCUT2D eigenvalue weighted by atomic mass is 127. The lowest BCUT2D eigenvalue weighted by atomic mass is 10.1. The second-order valence-corrected chi connectivity index (χ2v) is 5.99. The number of hydrogen-bond donors (Lipinski definition) is 2. The molecule has 0 bridgehead atoms. The third-order valence-electron chi connectivity index (χ3n) is 3.37. The number of amides is 1. The topological polar surface area (TPSA) is 52.6 Å². The molecule has 1 fully saturated rings. The molecule has 2 N–H and O–H groups in total. The largest absolute Gasteiger partial charge is 0.507 e. The van der Waals surface area contributed by atoms with Gasteiger partial charge >= 0.3 is 0 Å². The molecule has 1 amide bonds. The number of nitrogens with zero attached hydrogens (tertiary/aromatic N) is 1. The third-order valence-corrected chi connectivity index (χ3v) is 4.28. The summed E-state index contributed by atoms with van der Waals surface area (Å²) >= 11 is 2.03. The Morgan fingerprint density at radius 1 is 1.32 bits per heavy atom. The van der Waals surface area contributed by atoms with E-state index in [1.54, 1.807) is 12.1 Å². The Labute approximate surface area is 127 Å². The van der Waals surface area contributed by atoms with E-state index >= 15 is 0 Å². The SMILES string of the molecule is O=C(NCCN1CCCCC1)c1ccc(I)c(O)c1. The van der Waals surface area contributed by atoms with E-state index in [-0.39, 0.29) is 11.7 Å². The van der Waals surface area contributed by atoms with Crippen LogP contribution in [0.2, 0.25) is 0 Å². The number of carbonyl (C=O) groups excluding carboxylic acids is 1. The van der Waals surface area contributed by atoms with Crippen LogP contribution in [-0.2, 0) is 0 Å². The van der Waals surface area contributed by atoms with Gasteiger partial charge in [0.2, 0.25) is 0 Å². The minimum absolute atomic E-state index is 0.122. The molecule has 1 aliphatic rings. The monoisotopic (exact) mass is 374 g/mol. The van der Waals surface area contributed by atoms with Gasteiger partial charge in [-0.15, -0.1) is 0 Å². The maximum Gasteiger partial charge on any atom is 0.251 e. The zero-order valence-corrected chi connectivity index (χ0v) is 13.0. The van der Waals surface area contributed by atoms with E-state index in [1.807, 2.05) is 22.6 Å². The van der Waals surface area contributed by atoms with E-state index in [2.05, 4.69) is 10.2 Å². The van der Waals surface area contributed by atoms with Gasteiger partial charge in [0.15, 0.2) is 0 Å². The Morgan fingerprint density at radius 3 is 2.74 bits per heavy atom. The molecule has 0 aliphatic carbocycles. The van der Waals surface area contributed by atoms with Gasteiger partial charge in [0.25, 0.3) is 5.91 Å². The van der Waals surface area contributed by atoms with Gasteiger partial charge in [0, 0.05) is 18.7 Å². The molecule has 0 spiro atoms. The van der Waals surface area contributed by atoms with Crippen molar-refractivity contribution < 1.29 is 9.90 Å².